The Hall–Kier alpha value is -3.66. The van der Waals surface area contributed by atoms with Crippen LogP contribution in [0.15, 0.2) is 53.7 Å². The fourth-order valence-corrected chi connectivity index (χ4v) is 3.97. The fourth-order valence-electron chi connectivity index (χ4n) is 3.15. The molecule has 0 aliphatic heterocycles. The highest BCUT2D eigenvalue weighted by atomic mass is 32.2. The Morgan fingerprint density at radius 2 is 1.79 bits per heavy atom. The Morgan fingerprint density at radius 1 is 1.03 bits per heavy atom. The van der Waals surface area contributed by atoms with Crippen molar-refractivity contribution in [2.24, 2.45) is 0 Å². The van der Waals surface area contributed by atoms with E-state index in [4.69, 9.17) is 4.74 Å². The first-order valence-corrected chi connectivity index (χ1v) is 11.9. The van der Waals surface area contributed by atoms with Crippen molar-refractivity contribution in [2.45, 2.75) is 39.0 Å². The van der Waals surface area contributed by atoms with Crippen molar-refractivity contribution in [1.82, 2.24) is 20.1 Å². The third-order valence-electron chi connectivity index (χ3n) is 4.81. The minimum atomic E-state index is -0.402. The molecule has 0 aliphatic carbocycles. The summed E-state index contributed by atoms with van der Waals surface area (Å²) in [7, 11) is 0. The molecule has 2 amide bonds. The summed E-state index contributed by atoms with van der Waals surface area (Å²) < 4.78 is 6.81. The average molecular weight is 482 g/mol. The summed E-state index contributed by atoms with van der Waals surface area (Å²) in [5, 5.41) is 14.6. The number of esters is 1. The Bertz CT molecular complexity index is 1160. The van der Waals surface area contributed by atoms with Crippen LogP contribution in [0.3, 0.4) is 0 Å². The first-order valence-electron chi connectivity index (χ1n) is 10.9. The molecule has 2 aromatic carbocycles. The number of nitrogens with one attached hydrogen (secondary N) is 2. The van der Waals surface area contributed by atoms with Crippen molar-refractivity contribution in [3.63, 3.8) is 0 Å². The maximum Gasteiger partial charge on any atom is 0.338 e. The number of carbonyl (C=O) groups excluding carboxylic acids is 3. The number of aryl methyl sites for hydroxylation is 1. The zero-order valence-electron chi connectivity index (χ0n) is 19.3. The summed E-state index contributed by atoms with van der Waals surface area (Å²) in [6, 6.07) is 13.9. The molecule has 1 heterocycles. The number of benzene rings is 2. The topological polar surface area (TPSA) is 115 Å². The molecule has 10 heteroatoms. The second-order valence-corrected chi connectivity index (χ2v) is 8.27. The van der Waals surface area contributed by atoms with E-state index in [0.717, 1.165) is 5.56 Å². The van der Waals surface area contributed by atoms with Gasteiger partial charge in [0.2, 0.25) is 5.91 Å². The lowest BCUT2D eigenvalue weighted by Crippen LogP contribution is -2.25. The van der Waals surface area contributed by atoms with Gasteiger partial charge in [-0.25, -0.2) is 4.79 Å². The van der Waals surface area contributed by atoms with Crippen molar-refractivity contribution in [2.75, 3.05) is 17.7 Å². The van der Waals surface area contributed by atoms with Crippen LogP contribution in [-0.2, 0) is 22.6 Å². The predicted octanol–water partition coefficient (Wildman–Crippen LogP) is 3.44. The van der Waals surface area contributed by atoms with Crippen LogP contribution in [0.2, 0.25) is 0 Å². The van der Waals surface area contributed by atoms with Crippen LogP contribution in [0.5, 0.6) is 0 Å². The Kier molecular flexibility index (Phi) is 8.80. The molecule has 0 bridgehead atoms. The van der Waals surface area contributed by atoms with E-state index in [1.54, 1.807) is 37.3 Å². The molecule has 0 saturated carbocycles. The first kappa shape index (κ1) is 25.0. The summed E-state index contributed by atoms with van der Waals surface area (Å²) in [5.41, 5.74) is 2.60. The fraction of sp³-hybridized carbons (Fsp3) is 0.292. The van der Waals surface area contributed by atoms with Crippen LogP contribution in [-0.4, -0.2) is 44.9 Å². The second kappa shape index (κ2) is 12.0. The standard InChI is InChI=1S/C24H27N5O4S/c1-4-29-20(14-25-22(31)18-8-6-7-16(3)13-18)27-28-24(29)34-15-21(30)26-19-11-9-17(10-12-19)23(32)33-5-2/h6-13H,4-5,14-15H2,1-3H3,(H,25,31)(H,26,30). The van der Waals surface area contributed by atoms with Crippen LogP contribution >= 0.6 is 11.8 Å². The van der Waals surface area contributed by atoms with Crippen LogP contribution in [0.1, 0.15) is 46.0 Å². The number of hydrogen-bond acceptors (Lipinski definition) is 7. The van der Waals surface area contributed by atoms with E-state index in [2.05, 4.69) is 20.8 Å². The number of aromatic nitrogens is 3. The summed E-state index contributed by atoms with van der Waals surface area (Å²) in [6.45, 7) is 6.76. The number of ether oxygens (including phenoxy) is 1. The molecule has 0 saturated heterocycles. The summed E-state index contributed by atoms with van der Waals surface area (Å²) in [4.78, 5) is 36.5. The van der Waals surface area contributed by atoms with Gasteiger partial charge in [-0.05, 0) is 57.2 Å². The lowest BCUT2D eigenvalue weighted by molar-refractivity contribution is -0.113. The highest BCUT2D eigenvalue weighted by Crippen LogP contribution is 2.18. The number of rotatable bonds is 10. The third-order valence-corrected chi connectivity index (χ3v) is 5.78. The molecule has 9 nitrogen and oxygen atoms in total. The summed E-state index contributed by atoms with van der Waals surface area (Å²) >= 11 is 1.26. The molecule has 0 unspecified atom stereocenters. The average Bonchev–Trinajstić information content (AvgIpc) is 3.23. The Balaban J connectivity index is 1.53. The van der Waals surface area contributed by atoms with Crippen molar-refractivity contribution >= 4 is 35.2 Å². The monoisotopic (exact) mass is 481 g/mol. The van der Waals surface area contributed by atoms with Gasteiger partial charge < -0.3 is 19.9 Å². The van der Waals surface area contributed by atoms with Crippen LogP contribution in [0.25, 0.3) is 0 Å². The third kappa shape index (κ3) is 6.67. The Labute approximate surface area is 202 Å². The molecule has 0 atom stereocenters. The van der Waals surface area contributed by atoms with Gasteiger partial charge in [0, 0.05) is 17.8 Å². The van der Waals surface area contributed by atoms with Crippen LogP contribution in [0, 0.1) is 6.92 Å². The maximum atomic E-state index is 12.4. The minimum absolute atomic E-state index is 0.132. The largest absolute Gasteiger partial charge is 0.462 e. The van der Waals surface area contributed by atoms with Gasteiger partial charge in [-0.1, -0.05) is 29.5 Å². The van der Waals surface area contributed by atoms with E-state index in [0.29, 0.717) is 40.9 Å². The zero-order chi connectivity index (χ0) is 24.5. The number of carbonyl (C=O) groups is 3. The Morgan fingerprint density at radius 3 is 2.47 bits per heavy atom. The molecule has 0 spiro atoms. The van der Waals surface area contributed by atoms with Crippen molar-refractivity contribution in [1.29, 1.82) is 0 Å². The quantitative estimate of drug-likeness (QED) is 0.337. The molecule has 2 N–H and O–H groups in total. The van der Waals surface area contributed by atoms with E-state index >= 15 is 0 Å². The van der Waals surface area contributed by atoms with Crippen molar-refractivity contribution in [3.05, 3.63) is 71.0 Å². The van der Waals surface area contributed by atoms with Gasteiger partial charge in [-0.2, -0.15) is 0 Å². The zero-order valence-corrected chi connectivity index (χ0v) is 20.1. The smallest absolute Gasteiger partial charge is 0.338 e. The van der Waals surface area contributed by atoms with Crippen molar-refractivity contribution < 1.29 is 19.1 Å². The van der Waals surface area contributed by atoms with Gasteiger partial charge in [-0.3, -0.25) is 9.59 Å². The lowest BCUT2D eigenvalue weighted by atomic mass is 10.1. The number of hydrogen-bond donors (Lipinski definition) is 2. The number of thioether (sulfide) groups is 1. The van der Waals surface area contributed by atoms with Gasteiger partial charge in [0.15, 0.2) is 11.0 Å². The molecule has 0 radical (unpaired) electrons. The summed E-state index contributed by atoms with van der Waals surface area (Å²) in [5.74, 6) is -0.0552. The first-order chi connectivity index (χ1) is 16.4. The molecule has 178 valence electrons. The number of amides is 2. The van der Waals surface area contributed by atoms with E-state index in [-0.39, 0.29) is 24.1 Å². The van der Waals surface area contributed by atoms with Gasteiger partial charge in [0.05, 0.1) is 24.5 Å². The maximum absolute atomic E-state index is 12.4. The molecular weight excluding hydrogens is 454 g/mol. The summed E-state index contributed by atoms with van der Waals surface area (Å²) in [6.07, 6.45) is 0. The molecule has 3 rings (SSSR count). The molecule has 1 aromatic heterocycles. The van der Waals surface area contributed by atoms with E-state index in [1.807, 2.05) is 36.6 Å². The van der Waals surface area contributed by atoms with Crippen LogP contribution < -0.4 is 10.6 Å². The predicted molar refractivity (Wildman–Crippen MR) is 130 cm³/mol. The molecule has 0 fully saturated rings. The molecular formula is C24H27N5O4S. The van der Waals surface area contributed by atoms with Crippen LogP contribution in [0.4, 0.5) is 5.69 Å². The van der Waals surface area contributed by atoms with E-state index < -0.39 is 5.97 Å². The molecule has 34 heavy (non-hydrogen) atoms. The normalized spacial score (nSPS) is 10.6. The number of nitrogens with zero attached hydrogens (tertiary/aromatic N) is 3. The SMILES string of the molecule is CCOC(=O)c1ccc(NC(=O)CSc2nnc(CNC(=O)c3cccc(C)c3)n2CC)cc1. The lowest BCUT2D eigenvalue weighted by Gasteiger charge is -2.09. The van der Waals surface area contributed by atoms with Gasteiger partial charge >= 0.3 is 5.97 Å². The highest BCUT2D eigenvalue weighted by Gasteiger charge is 2.15. The second-order valence-electron chi connectivity index (χ2n) is 7.33. The van der Waals surface area contributed by atoms with E-state index in [9.17, 15) is 14.4 Å². The van der Waals surface area contributed by atoms with Gasteiger partial charge in [-0.15, -0.1) is 10.2 Å². The minimum Gasteiger partial charge on any atom is -0.462 e. The molecule has 3 aromatic rings. The highest BCUT2D eigenvalue weighted by molar-refractivity contribution is 7.99. The number of anilines is 1. The van der Waals surface area contributed by atoms with Gasteiger partial charge in [0.25, 0.3) is 5.91 Å². The van der Waals surface area contributed by atoms with E-state index in [1.165, 1.54) is 11.8 Å². The van der Waals surface area contributed by atoms with Crippen molar-refractivity contribution in [3.8, 4) is 0 Å². The molecule has 0 aliphatic rings. The van der Waals surface area contributed by atoms with Gasteiger partial charge in [0.1, 0.15) is 0 Å².